The third-order valence-corrected chi connectivity index (χ3v) is 7.67. The molecule has 8 heteroatoms. The number of amides is 2. The van der Waals surface area contributed by atoms with Crippen LogP contribution in [0.15, 0.2) is 53.5 Å². The number of carbonyl (C=O) groups excluding carboxylic acids is 1. The highest BCUT2D eigenvalue weighted by molar-refractivity contribution is 6.19. The van der Waals surface area contributed by atoms with Crippen molar-refractivity contribution in [3.8, 4) is 5.75 Å². The van der Waals surface area contributed by atoms with Crippen LogP contribution in [0.4, 0.5) is 19.3 Å². The molecule has 198 valence electrons. The number of carbonyl (C=O) groups is 1. The number of amidine groups is 1. The Labute approximate surface area is 217 Å². The quantitative estimate of drug-likeness (QED) is 0.530. The molecule has 2 heterocycles. The van der Waals surface area contributed by atoms with Gasteiger partial charge in [0.2, 0.25) is 0 Å². The van der Waals surface area contributed by atoms with Gasteiger partial charge in [0, 0.05) is 25.3 Å². The second-order valence-corrected chi connectivity index (χ2v) is 10.7. The number of rotatable bonds is 6. The molecule has 2 aliphatic heterocycles. The summed E-state index contributed by atoms with van der Waals surface area (Å²) in [5.74, 6) is 0.984. The number of aliphatic imine (C=N–C) groups is 1. The van der Waals surface area contributed by atoms with Gasteiger partial charge in [-0.3, -0.25) is 20.1 Å². The Balaban J connectivity index is 1.40. The molecule has 0 bridgehead atoms. The number of halogens is 2. The van der Waals surface area contributed by atoms with Gasteiger partial charge in [-0.25, -0.2) is 13.6 Å². The molecule has 0 unspecified atom stereocenters. The molecule has 2 aromatic carbocycles. The number of anilines is 1. The highest BCUT2D eigenvalue weighted by Crippen LogP contribution is 2.39. The fourth-order valence-corrected chi connectivity index (χ4v) is 5.87. The molecule has 2 atom stereocenters. The highest BCUT2D eigenvalue weighted by atomic mass is 19.1. The standard InChI is InChI=1S/C29H36F2N4O2/c1-20(2)37-24-10-5-7-21(17-24)19-34-15-13-29(14-16-34)27(32-26-12-4-3-11-25(26)31)33-28(36)35(29)23-9-6-8-22(30)18-23/h5-10,17-18,20,25-26H,3-4,11-16,19H2,1-2H3,(H,32,33,36)/t25-,26+/m0/s1. The van der Waals surface area contributed by atoms with E-state index < -0.39 is 23.6 Å². The maximum absolute atomic E-state index is 14.7. The van der Waals surface area contributed by atoms with Crippen LogP contribution >= 0.6 is 0 Å². The summed E-state index contributed by atoms with van der Waals surface area (Å²) < 4.78 is 34.8. The topological polar surface area (TPSA) is 57.2 Å². The van der Waals surface area contributed by atoms with Gasteiger partial charge < -0.3 is 4.74 Å². The molecule has 6 nitrogen and oxygen atoms in total. The first-order chi connectivity index (χ1) is 17.8. The van der Waals surface area contributed by atoms with E-state index in [1.807, 2.05) is 26.0 Å². The molecule has 1 spiro atoms. The van der Waals surface area contributed by atoms with Gasteiger partial charge in [0.05, 0.1) is 12.1 Å². The summed E-state index contributed by atoms with van der Waals surface area (Å²) in [7, 11) is 0. The Morgan fingerprint density at radius 2 is 1.86 bits per heavy atom. The highest BCUT2D eigenvalue weighted by Gasteiger charge is 2.53. The molecule has 2 amide bonds. The molecule has 37 heavy (non-hydrogen) atoms. The number of hydrogen-bond acceptors (Lipinski definition) is 4. The number of hydrogen-bond donors (Lipinski definition) is 1. The van der Waals surface area contributed by atoms with E-state index in [2.05, 4.69) is 22.3 Å². The zero-order valence-corrected chi connectivity index (χ0v) is 21.6. The molecule has 2 aromatic rings. The van der Waals surface area contributed by atoms with Crippen molar-refractivity contribution in [1.82, 2.24) is 10.2 Å². The lowest BCUT2D eigenvalue weighted by molar-refractivity contribution is 0.182. The van der Waals surface area contributed by atoms with E-state index in [-0.39, 0.29) is 12.1 Å². The van der Waals surface area contributed by atoms with Crippen molar-refractivity contribution in [3.63, 3.8) is 0 Å². The van der Waals surface area contributed by atoms with Gasteiger partial charge in [-0.1, -0.05) is 31.0 Å². The van der Waals surface area contributed by atoms with Crippen LogP contribution < -0.4 is 15.0 Å². The number of benzene rings is 2. The zero-order valence-electron chi connectivity index (χ0n) is 21.6. The van der Waals surface area contributed by atoms with Crippen LogP contribution in [-0.2, 0) is 6.54 Å². The number of alkyl halides is 1. The van der Waals surface area contributed by atoms with E-state index in [9.17, 15) is 13.6 Å². The third kappa shape index (κ3) is 5.49. The molecule has 3 fully saturated rings. The maximum atomic E-state index is 14.7. The van der Waals surface area contributed by atoms with Gasteiger partial charge in [0.15, 0.2) is 0 Å². The number of ether oxygens (including phenoxy) is 1. The number of likely N-dealkylation sites (tertiary alicyclic amines) is 1. The second-order valence-electron chi connectivity index (χ2n) is 10.7. The van der Waals surface area contributed by atoms with E-state index >= 15 is 0 Å². The van der Waals surface area contributed by atoms with Gasteiger partial charge in [0.1, 0.15) is 29.1 Å². The number of nitrogens with zero attached hydrogens (tertiary/aromatic N) is 3. The summed E-state index contributed by atoms with van der Waals surface area (Å²) >= 11 is 0. The summed E-state index contributed by atoms with van der Waals surface area (Å²) in [5.41, 5.74) is 0.907. The fourth-order valence-electron chi connectivity index (χ4n) is 5.87. The molecule has 2 saturated heterocycles. The predicted octanol–water partition coefficient (Wildman–Crippen LogP) is 5.86. The smallest absolute Gasteiger partial charge is 0.328 e. The Hall–Kier alpha value is -3.00. The van der Waals surface area contributed by atoms with E-state index in [0.717, 1.165) is 43.8 Å². The first-order valence-electron chi connectivity index (χ1n) is 13.4. The molecular weight excluding hydrogens is 474 g/mol. The largest absolute Gasteiger partial charge is 0.491 e. The van der Waals surface area contributed by atoms with Gasteiger partial charge >= 0.3 is 6.03 Å². The van der Waals surface area contributed by atoms with Crippen molar-refractivity contribution in [3.05, 3.63) is 59.9 Å². The maximum Gasteiger partial charge on any atom is 0.328 e. The first kappa shape index (κ1) is 25.6. The van der Waals surface area contributed by atoms with Gasteiger partial charge in [-0.15, -0.1) is 0 Å². The molecule has 3 aliphatic rings. The van der Waals surface area contributed by atoms with Gasteiger partial charge in [-0.05, 0) is 75.4 Å². The Bertz CT molecular complexity index is 1150. The van der Waals surface area contributed by atoms with Crippen molar-refractivity contribution >= 4 is 17.6 Å². The molecule has 5 rings (SSSR count). The van der Waals surface area contributed by atoms with Crippen LogP contribution in [0.2, 0.25) is 0 Å². The van der Waals surface area contributed by atoms with Crippen molar-refractivity contribution in [2.24, 2.45) is 4.99 Å². The number of nitrogens with one attached hydrogen (secondary N) is 1. The third-order valence-electron chi connectivity index (χ3n) is 7.67. The number of urea groups is 1. The Morgan fingerprint density at radius 3 is 2.59 bits per heavy atom. The minimum Gasteiger partial charge on any atom is -0.491 e. The van der Waals surface area contributed by atoms with E-state index in [1.165, 1.54) is 12.1 Å². The molecule has 1 aliphatic carbocycles. The lowest BCUT2D eigenvalue weighted by atomic mass is 9.84. The van der Waals surface area contributed by atoms with Crippen molar-refractivity contribution < 1.29 is 18.3 Å². The van der Waals surface area contributed by atoms with E-state index in [1.54, 1.807) is 17.0 Å². The van der Waals surface area contributed by atoms with Crippen LogP contribution in [0, 0.1) is 5.82 Å². The minimum atomic E-state index is -1.00. The normalized spacial score (nSPS) is 25.2. The lowest BCUT2D eigenvalue weighted by Gasteiger charge is -2.44. The average Bonchev–Trinajstić information content (AvgIpc) is 3.12. The summed E-state index contributed by atoms with van der Waals surface area (Å²) in [6, 6.07) is 13.5. The zero-order chi connectivity index (χ0) is 26.0. The van der Waals surface area contributed by atoms with Crippen LogP contribution in [-0.4, -0.2) is 53.7 Å². The molecular formula is C29H36F2N4O2. The SMILES string of the molecule is CC(C)Oc1cccc(CN2CCC3(CC2)C(=N[C@@H]2CCCC[C@@H]2F)NC(=O)N3c2cccc(F)c2)c1. The van der Waals surface area contributed by atoms with Crippen LogP contribution in [0.5, 0.6) is 5.75 Å². The summed E-state index contributed by atoms with van der Waals surface area (Å²) in [6.45, 7) is 6.22. The molecule has 1 saturated carbocycles. The molecule has 0 radical (unpaired) electrons. The van der Waals surface area contributed by atoms with Gasteiger partial charge in [0.25, 0.3) is 0 Å². The van der Waals surface area contributed by atoms with Crippen LogP contribution in [0.1, 0.15) is 57.9 Å². The fraction of sp³-hybridized carbons (Fsp3) is 0.517. The molecule has 0 aromatic heterocycles. The summed E-state index contributed by atoms with van der Waals surface area (Å²) in [5, 5.41) is 2.95. The van der Waals surface area contributed by atoms with Crippen LogP contribution in [0.25, 0.3) is 0 Å². The lowest BCUT2D eigenvalue weighted by Crippen LogP contribution is -2.57. The minimum absolute atomic E-state index is 0.108. The monoisotopic (exact) mass is 510 g/mol. The predicted molar refractivity (Wildman–Crippen MR) is 141 cm³/mol. The second kappa shape index (κ2) is 10.8. The van der Waals surface area contributed by atoms with Gasteiger partial charge in [-0.2, -0.15) is 0 Å². The van der Waals surface area contributed by atoms with E-state index in [0.29, 0.717) is 37.2 Å². The van der Waals surface area contributed by atoms with Crippen molar-refractivity contribution in [1.29, 1.82) is 0 Å². The van der Waals surface area contributed by atoms with Crippen molar-refractivity contribution in [2.45, 2.75) is 82.8 Å². The molecule has 1 N–H and O–H groups in total. The Morgan fingerprint density at radius 1 is 1.11 bits per heavy atom. The first-order valence-corrected chi connectivity index (χ1v) is 13.4. The Kier molecular flexibility index (Phi) is 7.47. The van der Waals surface area contributed by atoms with E-state index in [4.69, 9.17) is 9.73 Å². The van der Waals surface area contributed by atoms with Crippen molar-refractivity contribution in [2.75, 3.05) is 18.0 Å². The summed E-state index contributed by atoms with van der Waals surface area (Å²) in [4.78, 5) is 22.1. The van der Waals surface area contributed by atoms with Crippen LogP contribution in [0.3, 0.4) is 0 Å². The summed E-state index contributed by atoms with van der Waals surface area (Å²) in [6.07, 6.45) is 3.33. The number of piperidine rings is 1. The average molecular weight is 511 g/mol.